The normalized spacial score (nSPS) is 10.4. The van der Waals surface area contributed by atoms with Gasteiger partial charge in [0, 0.05) is 12.5 Å². The Bertz CT molecular complexity index is 530. The van der Waals surface area contributed by atoms with Crippen LogP contribution in [0.3, 0.4) is 0 Å². The minimum Gasteiger partial charge on any atom is -0.496 e. The summed E-state index contributed by atoms with van der Waals surface area (Å²) in [5.41, 5.74) is -1.04. The molecule has 0 fully saturated rings. The highest BCUT2D eigenvalue weighted by Gasteiger charge is 2.16. The molecule has 0 spiro atoms. The van der Waals surface area contributed by atoms with Crippen LogP contribution in [0.5, 0.6) is 5.75 Å². The van der Waals surface area contributed by atoms with E-state index in [1.54, 1.807) is 0 Å². The highest BCUT2D eigenvalue weighted by atomic mass is 16.5. The van der Waals surface area contributed by atoms with Crippen LogP contribution in [0, 0.1) is 0 Å². The molecule has 0 N–H and O–H groups in total. The van der Waals surface area contributed by atoms with Crippen LogP contribution in [0.4, 0.5) is 0 Å². The van der Waals surface area contributed by atoms with E-state index in [1.165, 1.54) is 32.4 Å². The molecule has 0 saturated carbocycles. The predicted molar refractivity (Wildman–Crippen MR) is 79.2 cm³/mol. The molecule has 1 aromatic heterocycles. The van der Waals surface area contributed by atoms with E-state index in [4.69, 9.17) is 9.15 Å². The average molecular weight is 294 g/mol. The topological polar surface area (TPSA) is 73.6 Å². The molecule has 0 amide bonds. The lowest BCUT2D eigenvalue weighted by Crippen LogP contribution is -2.13. The van der Waals surface area contributed by atoms with Crippen molar-refractivity contribution >= 4 is 12.1 Å². The van der Waals surface area contributed by atoms with E-state index >= 15 is 0 Å². The summed E-state index contributed by atoms with van der Waals surface area (Å²) < 4.78 is 9.82. The number of unbranched alkanes of at least 4 members (excludes halogenated alkanes) is 5. The van der Waals surface area contributed by atoms with Gasteiger partial charge in [-0.3, -0.25) is 9.59 Å². The second-order valence-electron chi connectivity index (χ2n) is 4.94. The van der Waals surface area contributed by atoms with E-state index in [2.05, 4.69) is 6.92 Å². The van der Waals surface area contributed by atoms with Crippen LogP contribution in [0.15, 0.2) is 15.3 Å². The van der Waals surface area contributed by atoms with Gasteiger partial charge in [-0.15, -0.1) is 0 Å². The van der Waals surface area contributed by atoms with Crippen molar-refractivity contribution in [3.63, 3.8) is 0 Å². The van der Waals surface area contributed by atoms with E-state index in [1.807, 2.05) is 0 Å². The SMILES string of the molecule is CCCCCCCCC(=O)c1cc(OC)c(C=O)c(=O)o1. The van der Waals surface area contributed by atoms with Crippen LogP contribution in [0.2, 0.25) is 0 Å². The Labute approximate surface area is 124 Å². The van der Waals surface area contributed by atoms with Crippen LogP contribution in [0.25, 0.3) is 0 Å². The summed E-state index contributed by atoms with van der Waals surface area (Å²) in [6.45, 7) is 2.15. The van der Waals surface area contributed by atoms with Crippen molar-refractivity contribution in [2.45, 2.75) is 51.9 Å². The Balaban J connectivity index is 2.60. The van der Waals surface area contributed by atoms with Crippen molar-refractivity contribution in [1.82, 2.24) is 0 Å². The maximum Gasteiger partial charge on any atom is 0.350 e. The molecule has 5 nitrogen and oxygen atoms in total. The molecule has 0 unspecified atom stereocenters. The molecule has 0 aliphatic carbocycles. The lowest BCUT2D eigenvalue weighted by Gasteiger charge is -2.05. The van der Waals surface area contributed by atoms with E-state index in [0.717, 1.165) is 19.3 Å². The van der Waals surface area contributed by atoms with Crippen LogP contribution >= 0.6 is 0 Å². The minimum absolute atomic E-state index is 0.0454. The number of carbonyl (C=O) groups is 2. The molecule has 0 aromatic carbocycles. The molecule has 0 bridgehead atoms. The first-order valence-electron chi connectivity index (χ1n) is 7.34. The van der Waals surface area contributed by atoms with E-state index in [0.29, 0.717) is 12.7 Å². The fourth-order valence-corrected chi connectivity index (χ4v) is 2.08. The summed E-state index contributed by atoms with van der Waals surface area (Å²) in [5, 5.41) is 0. The highest BCUT2D eigenvalue weighted by Crippen LogP contribution is 2.17. The fraction of sp³-hybridized carbons (Fsp3) is 0.562. The molecule has 5 heteroatoms. The van der Waals surface area contributed by atoms with Gasteiger partial charge in [0.2, 0.25) is 0 Å². The Kier molecular flexibility index (Phi) is 7.43. The maximum absolute atomic E-state index is 12.0. The molecule has 116 valence electrons. The van der Waals surface area contributed by atoms with Crippen molar-refractivity contribution < 1.29 is 18.7 Å². The van der Waals surface area contributed by atoms with Gasteiger partial charge in [-0.1, -0.05) is 39.0 Å². The largest absolute Gasteiger partial charge is 0.496 e. The monoisotopic (exact) mass is 294 g/mol. The number of hydrogen-bond donors (Lipinski definition) is 0. The zero-order chi connectivity index (χ0) is 15.7. The standard InChI is InChI=1S/C16H22O5/c1-3-4-5-6-7-8-9-13(18)15-10-14(20-2)12(11-17)16(19)21-15/h10-11H,3-9H2,1-2H3. The first kappa shape index (κ1) is 17.1. The molecular formula is C16H22O5. The number of hydrogen-bond acceptors (Lipinski definition) is 5. The summed E-state index contributed by atoms with van der Waals surface area (Å²) >= 11 is 0. The lowest BCUT2D eigenvalue weighted by molar-refractivity contribution is 0.0944. The number of ketones is 1. The van der Waals surface area contributed by atoms with Crippen molar-refractivity contribution in [1.29, 1.82) is 0 Å². The van der Waals surface area contributed by atoms with Crippen LogP contribution in [0.1, 0.15) is 72.8 Å². The summed E-state index contributed by atoms with van der Waals surface area (Å²) in [6, 6.07) is 1.31. The van der Waals surface area contributed by atoms with Crippen molar-refractivity contribution in [3.8, 4) is 5.75 Å². The number of ether oxygens (including phenoxy) is 1. The second-order valence-corrected chi connectivity index (χ2v) is 4.94. The summed E-state index contributed by atoms with van der Waals surface area (Å²) in [6.07, 6.45) is 7.15. The maximum atomic E-state index is 12.0. The molecule has 0 saturated heterocycles. The molecule has 1 heterocycles. The van der Waals surface area contributed by atoms with E-state index in [-0.39, 0.29) is 22.9 Å². The van der Waals surface area contributed by atoms with Gasteiger partial charge < -0.3 is 9.15 Å². The Hall–Kier alpha value is -1.91. The minimum atomic E-state index is -0.837. The van der Waals surface area contributed by atoms with Crippen molar-refractivity contribution in [2.75, 3.05) is 7.11 Å². The third-order valence-corrected chi connectivity index (χ3v) is 3.32. The van der Waals surface area contributed by atoms with Crippen LogP contribution < -0.4 is 10.4 Å². The zero-order valence-corrected chi connectivity index (χ0v) is 12.6. The van der Waals surface area contributed by atoms with Gasteiger partial charge in [0.1, 0.15) is 11.3 Å². The Morgan fingerprint density at radius 1 is 1.24 bits per heavy atom. The zero-order valence-electron chi connectivity index (χ0n) is 12.6. The van der Waals surface area contributed by atoms with Crippen molar-refractivity contribution in [2.24, 2.45) is 0 Å². The Morgan fingerprint density at radius 3 is 2.52 bits per heavy atom. The van der Waals surface area contributed by atoms with Gasteiger partial charge in [0.15, 0.2) is 17.8 Å². The third kappa shape index (κ3) is 5.17. The van der Waals surface area contributed by atoms with Crippen LogP contribution in [-0.2, 0) is 0 Å². The molecule has 1 aromatic rings. The quantitative estimate of drug-likeness (QED) is 0.375. The van der Waals surface area contributed by atoms with E-state index in [9.17, 15) is 14.4 Å². The lowest BCUT2D eigenvalue weighted by atomic mass is 10.1. The van der Waals surface area contributed by atoms with E-state index < -0.39 is 5.63 Å². The number of aldehydes is 1. The predicted octanol–water partition coefficient (Wildman–Crippen LogP) is 3.39. The summed E-state index contributed by atoms with van der Waals surface area (Å²) in [5.74, 6) is -0.207. The smallest absolute Gasteiger partial charge is 0.350 e. The summed E-state index contributed by atoms with van der Waals surface area (Å²) in [4.78, 5) is 34.3. The molecular weight excluding hydrogens is 272 g/mol. The van der Waals surface area contributed by atoms with Gasteiger partial charge in [0.05, 0.1) is 7.11 Å². The first-order valence-corrected chi connectivity index (χ1v) is 7.34. The number of Topliss-reactive ketones (excluding diaryl/α,β-unsaturated/α-hetero) is 1. The molecule has 0 atom stereocenters. The van der Waals surface area contributed by atoms with Crippen molar-refractivity contribution in [3.05, 3.63) is 27.8 Å². The molecule has 21 heavy (non-hydrogen) atoms. The van der Waals surface area contributed by atoms with Crippen LogP contribution in [-0.4, -0.2) is 19.2 Å². The third-order valence-electron chi connectivity index (χ3n) is 3.32. The molecule has 1 rings (SSSR count). The highest BCUT2D eigenvalue weighted by molar-refractivity contribution is 5.94. The summed E-state index contributed by atoms with van der Waals surface area (Å²) in [7, 11) is 1.34. The van der Waals surface area contributed by atoms with Gasteiger partial charge in [-0.25, -0.2) is 4.79 Å². The fourth-order valence-electron chi connectivity index (χ4n) is 2.08. The number of methoxy groups -OCH3 is 1. The first-order chi connectivity index (χ1) is 10.1. The van der Waals surface area contributed by atoms with Gasteiger partial charge in [-0.05, 0) is 6.42 Å². The van der Waals surface area contributed by atoms with Gasteiger partial charge >= 0.3 is 5.63 Å². The molecule has 0 aliphatic rings. The second kappa shape index (κ2) is 9.10. The molecule has 0 aliphatic heterocycles. The number of rotatable bonds is 10. The molecule has 0 radical (unpaired) electrons. The van der Waals surface area contributed by atoms with Gasteiger partial charge in [0.25, 0.3) is 0 Å². The Morgan fingerprint density at radius 2 is 1.90 bits per heavy atom. The van der Waals surface area contributed by atoms with Gasteiger partial charge in [-0.2, -0.15) is 0 Å². The number of carbonyl (C=O) groups excluding carboxylic acids is 2. The average Bonchev–Trinajstić information content (AvgIpc) is 2.49.